The molecule has 3 rings (SSSR count). The third-order valence-corrected chi connectivity index (χ3v) is 4.10. The highest BCUT2D eigenvalue weighted by Gasteiger charge is 2.38. The van der Waals surface area contributed by atoms with Crippen molar-refractivity contribution in [3.05, 3.63) is 54.4 Å². The monoisotopic (exact) mass is 352 g/mol. The molecule has 0 saturated carbocycles. The van der Waals surface area contributed by atoms with Crippen molar-refractivity contribution in [1.29, 1.82) is 0 Å². The molecule has 24 heavy (non-hydrogen) atoms. The molecule has 0 amide bonds. The van der Waals surface area contributed by atoms with Gasteiger partial charge in [0.1, 0.15) is 5.75 Å². The highest BCUT2D eigenvalue weighted by Crippen LogP contribution is 2.36. The van der Waals surface area contributed by atoms with E-state index in [-0.39, 0.29) is 5.82 Å². The first-order valence-corrected chi connectivity index (χ1v) is 7.61. The predicted molar refractivity (Wildman–Crippen MR) is 81.9 cm³/mol. The number of ether oxygens (including phenoxy) is 1. The molecule has 0 fully saturated rings. The number of halogens is 3. The van der Waals surface area contributed by atoms with Gasteiger partial charge in [0.25, 0.3) is 0 Å². The van der Waals surface area contributed by atoms with Crippen molar-refractivity contribution in [3.8, 4) is 17.1 Å². The molecule has 0 spiro atoms. The smallest absolute Gasteiger partial charge is 0.471 e. The molecule has 2 aromatic carbocycles. The van der Waals surface area contributed by atoms with Crippen LogP contribution in [0.25, 0.3) is 11.4 Å². The second-order valence-electron chi connectivity index (χ2n) is 4.70. The highest BCUT2D eigenvalue weighted by molar-refractivity contribution is 7.99. The molecule has 8 heteroatoms. The number of hydrogen-bond acceptors (Lipinski definition) is 5. The van der Waals surface area contributed by atoms with Crippen molar-refractivity contribution < 1.29 is 22.4 Å². The second kappa shape index (κ2) is 6.56. The van der Waals surface area contributed by atoms with Gasteiger partial charge in [-0.2, -0.15) is 18.2 Å². The normalized spacial score (nSPS) is 11.5. The summed E-state index contributed by atoms with van der Waals surface area (Å²) in [6.45, 7) is 0. The van der Waals surface area contributed by atoms with Crippen LogP contribution in [0.2, 0.25) is 0 Å². The number of hydrogen-bond donors (Lipinski definition) is 0. The zero-order valence-corrected chi connectivity index (χ0v) is 13.2. The summed E-state index contributed by atoms with van der Waals surface area (Å²) in [6, 6.07) is 14.3. The first-order valence-electron chi connectivity index (χ1n) is 6.79. The van der Waals surface area contributed by atoms with Crippen LogP contribution in [0, 0.1) is 0 Å². The third-order valence-electron chi connectivity index (χ3n) is 3.06. The minimum atomic E-state index is -4.66. The quantitative estimate of drug-likeness (QED) is 0.667. The lowest BCUT2D eigenvalue weighted by Crippen LogP contribution is -2.04. The molecule has 0 aliphatic heterocycles. The minimum absolute atomic E-state index is 0.107. The van der Waals surface area contributed by atoms with Crippen LogP contribution in [-0.2, 0) is 6.18 Å². The van der Waals surface area contributed by atoms with Crippen LogP contribution in [0.15, 0.2) is 62.8 Å². The summed E-state index contributed by atoms with van der Waals surface area (Å²) in [5.41, 5.74) is 0.439. The summed E-state index contributed by atoms with van der Waals surface area (Å²) in [7, 11) is 1.58. The molecule has 124 valence electrons. The van der Waals surface area contributed by atoms with Gasteiger partial charge in [0.05, 0.1) is 12.0 Å². The summed E-state index contributed by atoms with van der Waals surface area (Å²) in [6.07, 6.45) is -4.66. The molecule has 1 heterocycles. The summed E-state index contributed by atoms with van der Waals surface area (Å²) < 4.78 is 47.2. The Labute approximate surface area is 139 Å². The van der Waals surface area contributed by atoms with Crippen molar-refractivity contribution >= 4 is 11.8 Å². The maximum atomic E-state index is 12.6. The van der Waals surface area contributed by atoms with E-state index in [0.717, 1.165) is 9.79 Å². The summed E-state index contributed by atoms with van der Waals surface area (Å²) >= 11 is 1.43. The molecule has 0 N–H and O–H groups in total. The van der Waals surface area contributed by atoms with E-state index in [1.165, 1.54) is 11.8 Å². The Morgan fingerprint density at radius 1 is 1.08 bits per heavy atom. The molecule has 0 saturated heterocycles. The number of rotatable bonds is 4. The summed E-state index contributed by atoms with van der Waals surface area (Å²) in [4.78, 5) is 5.10. The Balaban J connectivity index is 1.88. The van der Waals surface area contributed by atoms with Crippen molar-refractivity contribution in [2.45, 2.75) is 16.0 Å². The maximum Gasteiger partial charge on any atom is 0.471 e. The van der Waals surface area contributed by atoms with Crippen LogP contribution in [0.3, 0.4) is 0 Å². The van der Waals surface area contributed by atoms with Gasteiger partial charge in [0, 0.05) is 10.5 Å². The molecule has 0 unspecified atom stereocenters. The lowest BCUT2D eigenvalue weighted by atomic mass is 10.2. The zero-order chi connectivity index (χ0) is 17.2. The average Bonchev–Trinajstić information content (AvgIpc) is 3.06. The molecule has 0 aliphatic rings. The van der Waals surface area contributed by atoms with Crippen molar-refractivity contribution in [2.24, 2.45) is 0 Å². The van der Waals surface area contributed by atoms with Gasteiger partial charge in [0.15, 0.2) is 0 Å². The Kier molecular flexibility index (Phi) is 4.48. The van der Waals surface area contributed by atoms with Crippen molar-refractivity contribution in [3.63, 3.8) is 0 Å². The number of methoxy groups -OCH3 is 1. The van der Waals surface area contributed by atoms with Crippen LogP contribution < -0.4 is 4.74 Å². The highest BCUT2D eigenvalue weighted by atomic mass is 32.2. The molecule has 0 bridgehead atoms. The van der Waals surface area contributed by atoms with E-state index in [1.54, 1.807) is 25.3 Å². The van der Waals surface area contributed by atoms with Gasteiger partial charge in [-0.25, -0.2) is 0 Å². The molecule has 1 aromatic heterocycles. The van der Waals surface area contributed by atoms with Crippen LogP contribution in [-0.4, -0.2) is 17.3 Å². The lowest BCUT2D eigenvalue weighted by Gasteiger charge is -2.08. The van der Waals surface area contributed by atoms with Crippen LogP contribution in [0.5, 0.6) is 5.75 Å². The number of para-hydroxylation sites is 1. The van der Waals surface area contributed by atoms with E-state index < -0.39 is 12.1 Å². The number of alkyl halides is 3. The van der Waals surface area contributed by atoms with E-state index >= 15 is 0 Å². The first kappa shape index (κ1) is 16.4. The summed E-state index contributed by atoms with van der Waals surface area (Å²) in [5.74, 6) is -0.753. The van der Waals surface area contributed by atoms with E-state index in [0.29, 0.717) is 11.3 Å². The molecular weight excluding hydrogens is 341 g/mol. The summed E-state index contributed by atoms with van der Waals surface area (Å²) in [5, 5.41) is 3.39. The Morgan fingerprint density at radius 3 is 2.58 bits per heavy atom. The number of nitrogens with zero attached hydrogens (tertiary/aromatic N) is 2. The molecule has 4 nitrogen and oxygen atoms in total. The maximum absolute atomic E-state index is 12.6. The molecular formula is C16H11F3N2O2S. The van der Waals surface area contributed by atoms with Gasteiger partial charge in [-0.05, 0) is 24.3 Å². The van der Waals surface area contributed by atoms with Gasteiger partial charge in [-0.1, -0.05) is 41.2 Å². The third kappa shape index (κ3) is 3.53. The van der Waals surface area contributed by atoms with E-state index in [9.17, 15) is 13.2 Å². The molecule has 0 radical (unpaired) electrons. The van der Waals surface area contributed by atoms with Gasteiger partial charge in [-0.15, -0.1) is 0 Å². The van der Waals surface area contributed by atoms with Gasteiger partial charge in [-0.3, -0.25) is 0 Å². The van der Waals surface area contributed by atoms with Gasteiger partial charge < -0.3 is 9.26 Å². The van der Waals surface area contributed by atoms with Crippen LogP contribution >= 0.6 is 11.8 Å². The fourth-order valence-electron chi connectivity index (χ4n) is 1.98. The number of benzene rings is 2. The van der Waals surface area contributed by atoms with Crippen molar-refractivity contribution in [1.82, 2.24) is 10.1 Å². The fourth-order valence-corrected chi connectivity index (χ4v) is 2.97. The minimum Gasteiger partial charge on any atom is -0.496 e. The predicted octanol–water partition coefficient (Wildman–Crippen LogP) is 4.92. The zero-order valence-electron chi connectivity index (χ0n) is 12.4. The fraction of sp³-hybridized carbons (Fsp3) is 0.125. The number of aromatic nitrogens is 2. The van der Waals surface area contributed by atoms with E-state index in [4.69, 9.17) is 4.74 Å². The molecule has 3 aromatic rings. The van der Waals surface area contributed by atoms with E-state index in [1.807, 2.05) is 30.3 Å². The van der Waals surface area contributed by atoms with Gasteiger partial charge in [0.2, 0.25) is 5.82 Å². The van der Waals surface area contributed by atoms with Crippen LogP contribution in [0.1, 0.15) is 5.89 Å². The molecule has 0 atom stereocenters. The topological polar surface area (TPSA) is 48.2 Å². The van der Waals surface area contributed by atoms with Crippen molar-refractivity contribution in [2.75, 3.05) is 7.11 Å². The standard InChI is InChI=1S/C16H11F3N2O2S/c1-22-12-7-2-3-8-13(12)24-11-6-4-5-10(9-11)14-20-15(23-21-14)16(17,18)19/h2-9H,1H3. The largest absolute Gasteiger partial charge is 0.496 e. The average molecular weight is 352 g/mol. The lowest BCUT2D eigenvalue weighted by molar-refractivity contribution is -0.159. The second-order valence-corrected chi connectivity index (χ2v) is 5.82. The van der Waals surface area contributed by atoms with Gasteiger partial charge >= 0.3 is 12.1 Å². The molecule has 0 aliphatic carbocycles. The Morgan fingerprint density at radius 2 is 1.88 bits per heavy atom. The van der Waals surface area contributed by atoms with Crippen LogP contribution in [0.4, 0.5) is 13.2 Å². The Bertz CT molecular complexity index is 849. The SMILES string of the molecule is COc1ccccc1Sc1cccc(-c2noc(C(F)(F)F)n2)c1. The van der Waals surface area contributed by atoms with E-state index in [2.05, 4.69) is 14.7 Å². The first-order chi connectivity index (χ1) is 11.5. The Hall–Kier alpha value is -2.48.